The maximum Gasteiger partial charge on any atom is 0.276 e. The number of carbonyl (C=O) groups is 1. The van der Waals surface area contributed by atoms with E-state index >= 15 is 0 Å². The van der Waals surface area contributed by atoms with E-state index in [2.05, 4.69) is 4.98 Å². The van der Waals surface area contributed by atoms with Crippen LogP contribution in [0, 0.1) is 16.0 Å². The number of nitrogens with zero attached hydrogens (tertiary/aromatic N) is 2. The van der Waals surface area contributed by atoms with E-state index in [4.69, 9.17) is 9.15 Å². The van der Waals surface area contributed by atoms with E-state index in [1.807, 2.05) is 20.8 Å². The Morgan fingerprint density at radius 2 is 2.09 bits per heavy atom. The Morgan fingerprint density at radius 1 is 1.35 bits per heavy atom. The maximum atomic E-state index is 12.6. The van der Waals surface area contributed by atoms with Crippen molar-refractivity contribution >= 4 is 11.4 Å². The molecule has 0 bridgehead atoms. The number of aromatic nitrogens is 1. The Labute approximate surface area is 132 Å². The lowest BCUT2D eigenvalue weighted by molar-refractivity contribution is -0.418. The topological polar surface area (TPSA) is 98.8 Å². The lowest BCUT2D eigenvalue weighted by Crippen LogP contribution is -2.23. The van der Waals surface area contributed by atoms with Crippen molar-refractivity contribution in [3.8, 4) is 0 Å². The maximum absolute atomic E-state index is 12.6. The number of rotatable bonds is 1. The van der Waals surface area contributed by atoms with Crippen LogP contribution in [-0.4, -0.2) is 21.8 Å². The molecule has 3 atom stereocenters. The van der Waals surface area contributed by atoms with Crippen LogP contribution in [0.25, 0.3) is 5.57 Å². The van der Waals surface area contributed by atoms with Gasteiger partial charge in [-0.05, 0) is 6.42 Å². The Bertz CT molecular complexity index is 796. The highest BCUT2D eigenvalue weighted by atomic mass is 16.6. The van der Waals surface area contributed by atoms with Crippen molar-refractivity contribution in [3.63, 3.8) is 0 Å². The number of hydrogen-bond donors (Lipinski definition) is 0. The summed E-state index contributed by atoms with van der Waals surface area (Å²) in [4.78, 5) is 28.0. The lowest BCUT2D eigenvalue weighted by Gasteiger charge is -2.18. The predicted octanol–water partition coefficient (Wildman–Crippen LogP) is 2.56. The smallest absolute Gasteiger partial charge is 0.276 e. The van der Waals surface area contributed by atoms with Gasteiger partial charge in [-0.3, -0.25) is 14.9 Å². The highest BCUT2D eigenvalue weighted by molar-refractivity contribution is 6.00. The third kappa shape index (κ3) is 1.99. The third-order valence-corrected chi connectivity index (χ3v) is 4.39. The van der Waals surface area contributed by atoms with Crippen LogP contribution in [0.1, 0.15) is 50.6 Å². The van der Waals surface area contributed by atoms with E-state index < -0.39 is 23.0 Å². The van der Waals surface area contributed by atoms with Crippen LogP contribution in [-0.2, 0) is 14.9 Å². The van der Waals surface area contributed by atoms with Gasteiger partial charge in [-0.15, -0.1) is 0 Å². The van der Waals surface area contributed by atoms with Gasteiger partial charge < -0.3 is 9.15 Å². The average molecular weight is 316 g/mol. The van der Waals surface area contributed by atoms with Crippen LogP contribution < -0.4 is 0 Å². The molecule has 1 aromatic heterocycles. The average Bonchev–Trinajstić information content (AvgIpc) is 3.15. The summed E-state index contributed by atoms with van der Waals surface area (Å²) in [5.41, 5.74) is 0.432. The van der Waals surface area contributed by atoms with E-state index in [1.165, 1.54) is 6.08 Å². The molecule has 2 aliphatic carbocycles. The molecule has 3 aliphatic rings. The Kier molecular flexibility index (Phi) is 2.73. The van der Waals surface area contributed by atoms with E-state index in [1.54, 1.807) is 6.08 Å². The quantitative estimate of drug-likeness (QED) is 0.448. The molecule has 4 rings (SSSR count). The van der Waals surface area contributed by atoms with Crippen LogP contribution in [0.4, 0.5) is 0 Å². The minimum atomic E-state index is -0.600. The first-order chi connectivity index (χ1) is 10.8. The number of carbonyl (C=O) groups excluding carboxylic acids is 1. The molecule has 1 aromatic rings. The molecule has 7 heteroatoms. The number of Topliss-reactive ketones (excluding diaryl/α,β-unsaturated/α-hetero) is 1. The fourth-order valence-corrected chi connectivity index (χ4v) is 3.17. The van der Waals surface area contributed by atoms with Gasteiger partial charge in [-0.1, -0.05) is 26.8 Å². The molecule has 120 valence electrons. The number of allylic oxidation sites excluding steroid dienone is 3. The second-order valence-electron chi connectivity index (χ2n) is 7.11. The van der Waals surface area contributed by atoms with Crippen molar-refractivity contribution in [3.05, 3.63) is 45.3 Å². The molecule has 0 aromatic carbocycles. The van der Waals surface area contributed by atoms with Gasteiger partial charge >= 0.3 is 0 Å². The molecular weight excluding hydrogens is 300 g/mol. The molecule has 0 amide bonds. The Hall–Kier alpha value is -2.28. The molecule has 1 fully saturated rings. The second kappa shape index (κ2) is 4.38. The number of hydrogen-bond acceptors (Lipinski definition) is 6. The molecule has 2 heterocycles. The Balaban J connectivity index is 1.99. The molecule has 23 heavy (non-hydrogen) atoms. The van der Waals surface area contributed by atoms with Crippen LogP contribution >= 0.6 is 0 Å². The predicted molar refractivity (Wildman–Crippen MR) is 79.0 cm³/mol. The van der Waals surface area contributed by atoms with Crippen molar-refractivity contribution in [1.82, 2.24) is 4.98 Å². The van der Waals surface area contributed by atoms with Gasteiger partial charge in [-0.2, -0.15) is 0 Å². The molecule has 0 N–H and O–H groups in total. The summed E-state index contributed by atoms with van der Waals surface area (Å²) in [7, 11) is 0. The summed E-state index contributed by atoms with van der Waals surface area (Å²) < 4.78 is 11.4. The number of nitro groups is 1. The number of oxazole rings is 1. The molecule has 3 unspecified atom stereocenters. The highest BCUT2D eigenvalue weighted by Gasteiger charge is 2.57. The summed E-state index contributed by atoms with van der Waals surface area (Å²) in [6, 6.07) is 0. The zero-order chi connectivity index (χ0) is 16.5. The second-order valence-corrected chi connectivity index (χ2v) is 7.11. The lowest BCUT2D eigenvalue weighted by atomic mass is 9.85. The van der Waals surface area contributed by atoms with E-state index in [9.17, 15) is 14.9 Å². The third-order valence-electron chi connectivity index (χ3n) is 4.39. The summed E-state index contributed by atoms with van der Waals surface area (Å²) >= 11 is 0. The van der Waals surface area contributed by atoms with Crippen molar-refractivity contribution in [2.75, 3.05) is 0 Å². The largest absolute Gasteiger partial charge is 0.440 e. The monoisotopic (exact) mass is 316 g/mol. The van der Waals surface area contributed by atoms with Crippen molar-refractivity contribution in [1.29, 1.82) is 0 Å². The van der Waals surface area contributed by atoms with Crippen LogP contribution in [0.2, 0.25) is 0 Å². The summed E-state index contributed by atoms with van der Waals surface area (Å²) in [5, 5.41) is 11.4. The van der Waals surface area contributed by atoms with Crippen LogP contribution in [0.15, 0.2) is 22.3 Å². The molecule has 1 saturated heterocycles. The molecule has 0 spiro atoms. The van der Waals surface area contributed by atoms with Crippen molar-refractivity contribution in [2.24, 2.45) is 5.92 Å². The minimum Gasteiger partial charge on any atom is -0.440 e. The summed E-state index contributed by atoms with van der Waals surface area (Å²) in [5.74, 6) is 0.112. The Morgan fingerprint density at radius 3 is 2.74 bits per heavy atom. The number of ether oxygens (including phenoxy) is 1. The van der Waals surface area contributed by atoms with E-state index in [0.29, 0.717) is 29.3 Å². The first-order valence-corrected chi connectivity index (χ1v) is 7.55. The molecule has 0 saturated carbocycles. The number of fused-ring (bicyclic) bond motifs is 5. The molecule has 1 aliphatic heterocycles. The molecular formula is C16H16N2O5. The summed E-state index contributed by atoms with van der Waals surface area (Å²) in [6.07, 6.45) is 2.52. The highest BCUT2D eigenvalue weighted by Crippen LogP contribution is 2.52. The van der Waals surface area contributed by atoms with Gasteiger partial charge in [0.15, 0.2) is 11.5 Å². The zero-order valence-electron chi connectivity index (χ0n) is 13.0. The standard InChI is InChI=1S/C16H16N2O5/c1-16(2,3)15-17-10-12(23-15)9-7(11(19)14-13(10)22-14)5-4-6-8(9)18(20)21/h4,6-7,13-14H,5H2,1-3H3. The van der Waals surface area contributed by atoms with Gasteiger partial charge in [0.05, 0.1) is 16.4 Å². The SMILES string of the molecule is CC(C)(C)c1nc2c(o1)C1=C([N+](=O)[O-])C=CCC1C(=O)C1OC21. The first kappa shape index (κ1) is 14.3. The number of ketones is 1. The van der Waals surface area contributed by atoms with Gasteiger partial charge in [-0.25, -0.2) is 4.98 Å². The van der Waals surface area contributed by atoms with Crippen molar-refractivity contribution < 1.29 is 18.9 Å². The first-order valence-electron chi connectivity index (χ1n) is 7.55. The molecule has 0 radical (unpaired) electrons. The summed E-state index contributed by atoms with van der Waals surface area (Å²) in [6.45, 7) is 5.86. The van der Waals surface area contributed by atoms with Crippen LogP contribution in [0.3, 0.4) is 0 Å². The van der Waals surface area contributed by atoms with Gasteiger partial charge in [0.25, 0.3) is 5.70 Å². The zero-order valence-corrected chi connectivity index (χ0v) is 13.0. The fourth-order valence-electron chi connectivity index (χ4n) is 3.17. The fraction of sp³-hybridized carbons (Fsp3) is 0.500. The number of epoxide rings is 1. The normalized spacial score (nSPS) is 28.8. The van der Waals surface area contributed by atoms with Crippen LogP contribution in [0.5, 0.6) is 0 Å². The van der Waals surface area contributed by atoms with Crippen molar-refractivity contribution in [2.45, 2.75) is 44.8 Å². The van der Waals surface area contributed by atoms with Gasteiger partial charge in [0, 0.05) is 11.5 Å². The molecule has 7 nitrogen and oxygen atoms in total. The van der Waals surface area contributed by atoms with Gasteiger partial charge in [0.2, 0.25) is 5.89 Å². The minimum absolute atomic E-state index is 0.0891. The van der Waals surface area contributed by atoms with E-state index in [-0.39, 0.29) is 16.9 Å². The van der Waals surface area contributed by atoms with Gasteiger partial charge in [0.1, 0.15) is 17.9 Å². The van der Waals surface area contributed by atoms with E-state index in [0.717, 1.165) is 0 Å².